The Labute approximate surface area is 117 Å². The Morgan fingerprint density at radius 2 is 2.32 bits per heavy atom. The molecule has 98 valence electrons. The van der Waals surface area contributed by atoms with Crippen LogP contribution in [-0.2, 0) is 11.2 Å². The van der Waals surface area contributed by atoms with Crippen molar-refractivity contribution < 1.29 is 14.5 Å². The number of rotatable bonds is 2. The zero-order chi connectivity index (χ0) is 14.2. The molecule has 0 amide bonds. The Morgan fingerprint density at radius 1 is 1.63 bits per heavy atom. The van der Waals surface area contributed by atoms with E-state index in [9.17, 15) is 14.9 Å². The predicted octanol–water partition coefficient (Wildman–Crippen LogP) is 2.49. The van der Waals surface area contributed by atoms with Crippen molar-refractivity contribution in [1.82, 2.24) is 0 Å². The molecule has 0 heterocycles. The lowest BCUT2D eigenvalue weighted by Gasteiger charge is -2.22. The number of carbonyl (C=O) groups is 1. The second-order valence-electron chi connectivity index (χ2n) is 4.16. The van der Waals surface area contributed by atoms with Gasteiger partial charge < -0.3 is 4.74 Å². The van der Waals surface area contributed by atoms with Crippen molar-refractivity contribution in [2.24, 2.45) is 0 Å². The highest BCUT2D eigenvalue weighted by atomic mass is 79.9. The number of nitro benzene ring substituents is 1. The Morgan fingerprint density at radius 3 is 2.84 bits per heavy atom. The van der Waals surface area contributed by atoms with Gasteiger partial charge in [-0.15, -0.1) is 0 Å². The molecule has 7 heteroatoms. The molecule has 1 aromatic carbocycles. The molecule has 0 aromatic heterocycles. The molecular weight excluding hydrogens is 316 g/mol. The van der Waals surface area contributed by atoms with Crippen molar-refractivity contribution in [2.45, 2.75) is 18.8 Å². The molecule has 0 fully saturated rings. The molecule has 1 aliphatic carbocycles. The number of hydrogen-bond donors (Lipinski definition) is 0. The van der Waals surface area contributed by atoms with E-state index in [1.807, 2.05) is 6.07 Å². The van der Waals surface area contributed by atoms with Gasteiger partial charge in [0.1, 0.15) is 11.5 Å². The summed E-state index contributed by atoms with van der Waals surface area (Å²) in [4.78, 5) is 22.2. The first kappa shape index (κ1) is 13.5. The van der Waals surface area contributed by atoms with E-state index in [4.69, 9.17) is 10.00 Å². The van der Waals surface area contributed by atoms with Crippen molar-refractivity contribution >= 4 is 27.4 Å². The van der Waals surface area contributed by atoms with Gasteiger partial charge in [-0.05, 0) is 15.9 Å². The monoisotopic (exact) mass is 324 g/mol. The van der Waals surface area contributed by atoms with Gasteiger partial charge in [-0.2, -0.15) is 5.26 Å². The van der Waals surface area contributed by atoms with Crippen LogP contribution in [0.4, 0.5) is 5.69 Å². The zero-order valence-corrected chi connectivity index (χ0v) is 11.6. The minimum absolute atomic E-state index is 0.00905. The summed E-state index contributed by atoms with van der Waals surface area (Å²) in [6.45, 7) is 0. The number of halogens is 1. The number of ether oxygens (including phenoxy) is 1. The van der Waals surface area contributed by atoms with E-state index >= 15 is 0 Å². The SMILES string of the molecule is COc1c(Br)cc([N+](=O)[O-])c2c1CC(=O)CC2C#N. The summed E-state index contributed by atoms with van der Waals surface area (Å²) in [7, 11) is 1.42. The van der Waals surface area contributed by atoms with Gasteiger partial charge >= 0.3 is 0 Å². The van der Waals surface area contributed by atoms with Crippen molar-refractivity contribution in [2.75, 3.05) is 7.11 Å². The van der Waals surface area contributed by atoms with Crippen LogP contribution in [-0.4, -0.2) is 17.8 Å². The highest BCUT2D eigenvalue weighted by Crippen LogP contribution is 2.44. The van der Waals surface area contributed by atoms with Gasteiger partial charge in [0, 0.05) is 24.5 Å². The average molecular weight is 325 g/mol. The topological polar surface area (TPSA) is 93.2 Å². The van der Waals surface area contributed by atoms with Crippen LogP contribution < -0.4 is 4.74 Å². The molecule has 0 N–H and O–H groups in total. The molecule has 1 aromatic rings. The third-order valence-corrected chi connectivity index (χ3v) is 3.66. The molecule has 1 atom stereocenters. The van der Waals surface area contributed by atoms with Gasteiger partial charge in [0.15, 0.2) is 0 Å². The predicted molar refractivity (Wildman–Crippen MR) is 69.0 cm³/mol. The van der Waals surface area contributed by atoms with E-state index in [1.54, 1.807) is 0 Å². The Balaban J connectivity index is 2.81. The number of ketones is 1. The number of Topliss-reactive ketones (excluding diaryl/α,β-unsaturated/α-hetero) is 1. The standard InChI is InChI=1S/C12H9BrN2O4/c1-19-12-8-3-7(16)2-6(5-14)11(8)10(15(17)18)4-9(12)13/h4,6H,2-3H2,1H3. The number of carbonyl (C=O) groups excluding carboxylic acids is 1. The highest BCUT2D eigenvalue weighted by Gasteiger charge is 2.35. The lowest BCUT2D eigenvalue weighted by molar-refractivity contribution is -0.385. The molecule has 0 radical (unpaired) electrons. The van der Waals surface area contributed by atoms with Crippen LogP contribution in [0.25, 0.3) is 0 Å². The number of fused-ring (bicyclic) bond motifs is 1. The number of hydrogen-bond acceptors (Lipinski definition) is 5. The molecule has 0 saturated carbocycles. The summed E-state index contributed by atoms with van der Waals surface area (Å²) in [5, 5.41) is 20.2. The lowest BCUT2D eigenvalue weighted by atomic mass is 9.81. The van der Waals surface area contributed by atoms with Gasteiger partial charge in [0.05, 0.1) is 34.1 Å². The molecule has 1 aliphatic rings. The number of methoxy groups -OCH3 is 1. The second kappa shape index (κ2) is 4.97. The fourth-order valence-corrected chi connectivity index (χ4v) is 2.95. The van der Waals surface area contributed by atoms with Gasteiger partial charge in [0.25, 0.3) is 5.69 Å². The van der Waals surface area contributed by atoms with Crippen LogP contribution in [0.5, 0.6) is 5.75 Å². The van der Waals surface area contributed by atoms with E-state index in [-0.39, 0.29) is 24.3 Å². The first-order valence-corrected chi connectivity index (χ1v) is 6.23. The summed E-state index contributed by atoms with van der Waals surface area (Å²) >= 11 is 3.19. The van der Waals surface area contributed by atoms with E-state index in [2.05, 4.69) is 15.9 Å². The minimum Gasteiger partial charge on any atom is -0.495 e. The van der Waals surface area contributed by atoms with E-state index in [0.717, 1.165) is 0 Å². The maximum atomic E-state index is 11.7. The summed E-state index contributed by atoms with van der Waals surface area (Å²) in [6, 6.07) is 3.28. The second-order valence-corrected chi connectivity index (χ2v) is 5.02. The third-order valence-electron chi connectivity index (χ3n) is 3.07. The van der Waals surface area contributed by atoms with Crippen molar-refractivity contribution in [3.8, 4) is 11.8 Å². The van der Waals surface area contributed by atoms with Crippen molar-refractivity contribution in [1.29, 1.82) is 5.26 Å². The average Bonchev–Trinajstić information content (AvgIpc) is 2.36. The smallest absolute Gasteiger partial charge is 0.275 e. The molecule has 0 bridgehead atoms. The quantitative estimate of drug-likeness (QED) is 0.615. The first-order chi connectivity index (χ1) is 8.99. The first-order valence-electron chi connectivity index (χ1n) is 5.44. The number of nitrogens with zero attached hydrogens (tertiary/aromatic N) is 2. The van der Waals surface area contributed by atoms with Crippen LogP contribution in [0.3, 0.4) is 0 Å². The van der Waals surface area contributed by atoms with Crippen LogP contribution in [0, 0.1) is 21.4 Å². The third kappa shape index (κ3) is 2.19. The van der Waals surface area contributed by atoms with Crippen LogP contribution in [0.15, 0.2) is 10.5 Å². The van der Waals surface area contributed by atoms with E-state index in [1.165, 1.54) is 13.2 Å². The normalized spacial score (nSPS) is 17.5. The minimum atomic E-state index is -0.793. The fraction of sp³-hybridized carbons (Fsp3) is 0.333. The highest BCUT2D eigenvalue weighted by molar-refractivity contribution is 9.10. The number of benzene rings is 1. The van der Waals surface area contributed by atoms with Gasteiger partial charge in [0.2, 0.25) is 0 Å². The Bertz CT molecular complexity index is 621. The molecule has 2 rings (SSSR count). The van der Waals surface area contributed by atoms with E-state index in [0.29, 0.717) is 21.3 Å². The van der Waals surface area contributed by atoms with Crippen LogP contribution in [0.1, 0.15) is 23.5 Å². The fourth-order valence-electron chi connectivity index (χ4n) is 2.33. The molecule has 6 nitrogen and oxygen atoms in total. The number of nitriles is 1. The largest absolute Gasteiger partial charge is 0.495 e. The van der Waals surface area contributed by atoms with Crippen molar-refractivity contribution in [3.63, 3.8) is 0 Å². The molecule has 1 unspecified atom stereocenters. The zero-order valence-electron chi connectivity index (χ0n) is 9.97. The van der Waals surface area contributed by atoms with Gasteiger partial charge in [-0.3, -0.25) is 14.9 Å². The Kier molecular flexibility index (Phi) is 3.53. The molecule has 0 saturated heterocycles. The molecule has 19 heavy (non-hydrogen) atoms. The summed E-state index contributed by atoms with van der Waals surface area (Å²) < 4.78 is 5.60. The summed E-state index contributed by atoms with van der Waals surface area (Å²) in [5.74, 6) is -0.530. The molecule has 0 aliphatic heterocycles. The summed E-state index contributed by atoms with van der Waals surface area (Å²) in [5.41, 5.74) is 0.584. The molecular formula is C12H9BrN2O4. The number of nitro groups is 1. The van der Waals surface area contributed by atoms with Gasteiger partial charge in [-0.1, -0.05) is 0 Å². The Hall–Kier alpha value is -1.94. The van der Waals surface area contributed by atoms with E-state index < -0.39 is 10.8 Å². The molecule has 0 spiro atoms. The van der Waals surface area contributed by atoms with Crippen LogP contribution >= 0.6 is 15.9 Å². The van der Waals surface area contributed by atoms with Crippen molar-refractivity contribution in [3.05, 3.63) is 31.8 Å². The van der Waals surface area contributed by atoms with Crippen LogP contribution in [0.2, 0.25) is 0 Å². The maximum absolute atomic E-state index is 11.7. The van der Waals surface area contributed by atoms with Gasteiger partial charge in [-0.25, -0.2) is 0 Å². The lowest BCUT2D eigenvalue weighted by Crippen LogP contribution is -2.20. The summed E-state index contributed by atoms with van der Waals surface area (Å²) in [6.07, 6.45) is 0.0616. The maximum Gasteiger partial charge on any atom is 0.275 e.